The highest BCUT2D eigenvalue weighted by atomic mass is 16.6. The minimum atomic E-state index is -0.0548. The Bertz CT molecular complexity index is 431. The van der Waals surface area contributed by atoms with Crippen molar-refractivity contribution in [2.45, 2.75) is 25.6 Å². The quantitative estimate of drug-likeness (QED) is 0.806. The van der Waals surface area contributed by atoms with Gasteiger partial charge in [0, 0.05) is 5.54 Å². The monoisotopic (exact) mass is 235 g/mol. The number of rotatable bonds is 1. The van der Waals surface area contributed by atoms with E-state index in [1.807, 2.05) is 18.2 Å². The summed E-state index contributed by atoms with van der Waals surface area (Å²) in [5.74, 6) is 1.63. The fourth-order valence-corrected chi connectivity index (χ4v) is 2.13. The van der Waals surface area contributed by atoms with Crippen LogP contribution in [0, 0.1) is 0 Å². The summed E-state index contributed by atoms with van der Waals surface area (Å²) in [6.07, 6.45) is -0.0548. The molecule has 0 aliphatic carbocycles. The zero-order chi connectivity index (χ0) is 11.9. The molecule has 0 bridgehead atoms. The van der Waals surface area contributed by atoms with Crippen LogP contribution in [0.15, 0.2) is 18.2 Å². The maximum atomic E-state index is 5.74. The standard InChI is InChI=1S/C13H17NO3/c1-13(2)8-17-12(14-13)9-3-4-10-11(7-9)16-6-5-15-10/h3-4,7,12,14H,5-6,8H2,1-2H3. The van der Waals surface area contributed by atoms with E-state index < -0.39 is 0 Å². The molecule has 17 heavy (non-hydrogen) atoms. The molecule has 4 heteroatoms. The van der Waals surface area contributed by atoms with Gasteiger partial charge < -0.3 is 14.2 Å². The molecule has 0 radical (unpaired) electrons. The zero-order valence-electron chi connectivity index (χ0n) is 10.2. The third-order valence-corrected chi connectivity index (χ3v) is 3.00. The summed E-state index contributed by atoms with van der Waals surface area (Å²) in [6, 6.07) is 5.96. The molecule has 0 amide bonds. The Morgan fingerprint density at radius 1 is 1.18 bits per heavy atom. The van der Waals surface area contributed by atoms with Gasteiger partial charge in [-0.25, -0.2) is 0 Å². The van der Waals surface area contributed by atoms with Crippen molar-refractivity contribution in [3.63, 3.8) is 0 Å². The van der Waals surface area contributed by atoms with Gasteiger partial charge in [0.15, 0.2) is 11.5 Å². The van der Waals surface area contributed by atoms with Crippen LogP contribution in [0.2, 0.25) is 0 Å². The van der Waals surface area contributed by atoms with Crippen LogP contribution in [0.5, 0.6) is 11.5 Å². The molecule has 0 saturated carbocycles. The second-order valence-electron chi connectivity index (χ2n) is 5.12. The van der Waals surface area contributed by atoms with Crippen molar-refractivity contribution < 1.29 is 14.2 Å². The summed E-state index contributed by atoms with van der Waals surface area (Å²) in [6.45, 7) is 6.21. The Morgan fingerprint density at radius 3 is 2.65 bits per heavy atom. The topological polar surface area (TPSA) is 39.7 Å². The predicted octanol–water partition coefficient (Wildman–Crippen LogP) is 1.85. The second-order valence-corrected chi connectivity index (χ2v) is 5.12. The molecule has 1 saturated heterocycles. The van der Waals surface area contributed by atoms with Crippen LogP contribution >= 0.6 is 0 Å². The van der Waals surface area contributed by atoms with E-state index in [0.717, 1.165) is 17.1 Å². The number of ether oxygens (including phenoxy) is 3. The third kappa shape index (κ3) is 2.10. The van der Waals surface area contributed by atoms with E-state index in [1.54, 1.807) is 0 Å². The van der Waals surface area contributed by atoms with Crippen molar-refractivity contribution in [1.29, 1.82) is 0 Å². The van der Waals surface area contributed by atoms with E-state index in [9.17, 15) is 0 Å². The first-order valence-corrected chi connectivity index (χ1v) is 5.93. The molecule has 1 unspecified atom stereocenters. The molecule has 0 aromatic heterocycles. The molecule has 0 spiro atoms. The summed E-state index contributed by atoms with van der Waals surface area (Å²) in [5.41, 5.74) is 1.11. The molecule has 1 aromatic rings. The van der Waals surface area contributed by atoms with E-state index in [4.69, 9.17) is 14.2 Å². The molecule has 4 nitrogen and oxygen atoms in total. The molecule has 3 rings (SSSR count). The first-order chi connectivity index (χ1) is 8.14. The molecular weight excluding hydrogens is 218 g/mol. The largest absolute Gasteiger partial charge is 0.486 e. The van der Waals surface area contributed by atoms with Crippen molar-refractivity contribution in [1.82, 2.24) is 5.32 Å². The van der Waals surface area contributed by atoms with Crippen LogP contribution < -0.4 is 14.8 Å². The molecule has 2 aliphatic rings. The van der Waals surface area contributed by atoms with Gasteiger partial charge in [-0.3, -0.25) is 5.32 Å². The second kappa shape index (κ2) is 3.89. The summed E-state index contributed by atoms with van der Waals surface area (Å²) in [5, 5.41) is 3.43. The van der Waals surface area contributed by atoms with E-state index in [2.05, 4.69) is 19.2 Å². The average Bonchev–Trinajstić information content (AvgIpc) is 2.69. The van der Waals surface area contributed by atoms with Crippen LogP contribution in [-0.2, 0) is 4.74 Å². The maximum absolute atomic E-state index is 5.74. The Labute approximate surface area is 101 Å². The number of nitrogens with one attached hydrogen (secondary N) is 1. The van der Waals surface area contributed by atoms with Gasteiger partial charge in [-0.05, 0) is 31.5 Å². The van der Waals surface area contributed by atoms with Gasteiger partial charge in [0.2, 0.25) is 0 Å². The van der Waals surface area contributed by atoms with Gasteiger partial charge in [0.1, 0.15) is 19.4 Å². The van der Waals surface area contributed by atoms with Crippen LogP contribution in [0.4, 0.5) is 0 Å². The third-order valence-electron chi connectivity index (χ3n) is 3.00. The molecule has 2 heterocycles. The molecule has 2 aliphatic heterocycles. The van der Waals surface area contributed by atoms with Crippen LogP contribution in [0.25, 0.3) is 0 Å². The Morgan fingerprint density at radius 2 is 1.94 bits per heavy atom. The number of hydrogen-bond acceptors (Lipinski definition) is 4. The lowest BCUT2D eigenvalue weighted by Gasteiger charge is -2.21. The highest BCUT2D eigenvalue weighted by Gasteiger charge is 2.32. The van der Waals surface area contributed by atoms with Gasteiger partial charge in [-0.2, -0.15) is 0 Å². The van der Waals surface area contributed by atoms with Crippen LogP contribution in [-0.4, -0.2) is 25.4 Å². The van der Waals surface area contributed by atoms with Gasteiger partial charge in [-0.1, -0.05) is 6.07 Å². The minimum absolute atomic E-state index is 0.0257. The summed E-state index contributed by atoms with van der Waals surface area (Å²) in [7, 11) is 0. The van der Waals surface area contributed by atoms with Crippen LogP contribution in [0.1, 0.15) is 25.6 Å². The van der Waals surface area contributed by atoms with Crippen molar-refractivity contribution in [2.24, 2.45) is 0 Å². The highest BCUT2D eigenvalue weighted by Crippen LogP contribution is 2.34. The molecule has 1 fully saturated rings. The van der Waals surface area contributed by atoms with Crippen molar-refractivity contribution >= 4 is 0 Å². The lowest BCUT2D eigenvalue weighted by molar-refractivity contribution is 0.0980. The first kappa shape index (κ1) is 10.9. The van der Waals surface area contributed by atoms with Crippen molar-refractivity contribution in [2.75, 3.05) is 19.8 Å². The first-order valence-electron chi connectivity index (χ1n) is 5.93. The normalized spacial score (nSPS) is 25.9. The Kier molecular flexibility index (Phi) is 2.49. The SMILES string of the molecule is CC1(C)COC(c2ccc3c(c2)OCCO3)N1. The number of hydrogen-bond donors (Lipinski definition) is 1. The van der Waals surface area contributed by atoms with Crippen molar-refractivity contribution in [3.05, 3.63) is 23.8 Å². The minimum Gasteiger partial charge on any atom is -0.486 e. The van der Waals surface area contributed by atoms with Crippen LogP contribution in [0.3, 0.4) is 0 Å². The van der Waals surface area contributed by atoms with E-state index >= 15 is 0 Å². The van der Waals surface area contributed by atoms with E-state index in [0.29, 0.717) is 19.8 Å². The average molecular weight is 235 g/mol. The Hall–Kier alpha value is -1.26. The van der Waals surface area contributed by atoms with Gasteiger partial charge in [-0.15, -0.1) is 0 Å². The molecular formula is C13H17NO3. The van der Waals surface area contributed by atoms with Crippen molar-refractivity contribution in [3.8, 4) is 11.5 Å². The molecule has 92 valence electrons. The Balaban J connectivity index is 1.84. The fourth-order valence-electron chi connectivity index (χ4n) is 2.13. The smallest absolute Gasteiger partial charge is 0.161 e. The zero-order valence-corrected chi connectivity index (χ0v) is 10.2. The lowest BCUT2D eigenvalue weighted by Crippen LogP contribution is -2.35. The predicted molar refractivity (Wildman–Crippen MR) is 63.3 cm³/mol. The van der Waals surface area contributed by atoms with Gasteiger partial charge in [0.25, 0.3) is 0 Å². The summed E-state index contributed by atoms with van der Waals surface area (Å²) < 4.78 is 16.8. The summed E-state index contributed by atoms with van der Waals surface area (Å²) >= 11 is 0. The van der Waals surface area contributed by atoms with E-state index in [1.165, 1.54) is 0 Å². The van der Waals surface area contributed by atoms with E-state index in [-0.39, 0.29) is 11.8 Å². The lowest BCUT2D eigenvalue weighted by atomic mass is 10.1. The van der Waals surface area contributed by atoms with Gasteiger partial charge >= 0.3 is 0 Å². The maximum Gasteiger partial charge on any atom is 0.161 e. The molecule has 1 N–H and O–H groups in total. The van der Waals surface area contributed by atoms with Gasteiger partial charge in [0.05, 0.1) is 6.61 Å². The molecule has 1 aromatic carbocycles. The fraction of sp³-hybridized carbons (Fsp3) is 0.538. The summed E-state index contributed by atoms with van der Waals surface area (Å²) in [4.78, 5) is 0. The highest BCUT2D eigenvalue weighted by molar-refractivity contribution is 5.44. The number of benzene rings is 1. The number of fused-ring (bicyclic) bond motifs is 1. The molecule has 1 atom stereocenters.